The highest BCUT2D eigenvalue weighted by atomic mass is 16.3. The predicted molar refractivity (Wildman–Crippen MR) is 254 cm³/mol. The lowest BCUT2D eigenvalue weighted by molar-refractivity contribution is 0.669. The summed E-state index contributed by atoms with van der Waals surface area (Å²) in [5, 5.41) is 4.74. The van der Waals surface area contributed by atoms with E-state index < -0.39 is 5.41 Å². The molecule has 286 valence electrons. The first-order valence-electron chi connectivity index (χ1n) is 21.0. The number of fused-ring (bicyclic) bond motifs is 7. The third-order valence-electron chi connectivity index (χ3n) is 12.7. The molecule has 0 amide bonds. The number of hydrogen-bond donors (Lipinski definition) is 0. The molecule has 1 aliphatic rings. The van der Waals surface area contributed by atoms with Gasteiger partial charge in [0.15, 0.2) is 0 Å². The Morgan fingerprint density at radius 3 is 1.79 bits per heavy atom. The fourth-order valence-corrected chi connectivity index (χ4v) is 10.1. The second kappa shape index (κ2) is 14.1. The first-order chi connectivity index (χ1) is 30.3. The molecule has 1 aliphatic carbocycles. The molecule has 61 heavy (non-hydrogen) atoms. The van der Waals surface area contributed by atoms with Crippen LogP contribution in [0.3, 0.4) is 0 Å². The van der Waals surface area contributed by atoms with Crippen LogP contribution in [0.2, 0.25) is 0 Å². The summed E-state index contributed by atoms with van der Waals surface area (Å²) in [5.41, 5.74) is 16.8. The van der Waals surface area contributed by atoms with Crippen molar-refractivity contribution in [3.8, 4) is 33.4 Å². The predicted octanol–water partition coefficient (Wildman–Crippen LogP) is 15.9. The summed E-state index contributed by atoms with van der Waals surface area (Å²) >= 11 is 0. The highest BCUT2D eigenvalue weighted by molar-refractivity contribution is 6.12. The van der Waals surface area contributed by atoms with Gasteiger partial charge in [0.25, 0.3) is 0 Å². The highest BCUT2D eigenvalue weighted by Crippen LogP contribution is 2.59. The molecule has 0 radical (unpaired) electrons. The van der Waals surface area contributed by atoms with E-state index in [9.17, 15) is 0 Å². The maximum absolute atomic E-state index is 6.31. The Hall–Kier alpha value is -7.94. The number of rotatable bonds is 7. The topological polar surface area (TPSA) is 16.4 Å². The number of anilines is 3. The van der Waals surface area contributed by atoms with Crippen LogP contribution in [-0.4, -0.2) is 0 Å². The van der Waals surface area contributed by atoms with Gasteiger partial charge in [0.2, 0.25) is 0 Å². The minimum atomic E-state index is -0.515. The monoisotopic (exact) mass is 777 g/mol. The van der Waals surface area contributed by atoms with Crippen LogP contribution in [0.1, 0.15) is 22.3 Å². The second-order valence-corrected chi connectivity index (χ2v) is 16.0. The Morgan fingerprint density at radius 2 is 0.967 bits per heavy atom. The van der Waals surface area contributed by atoms with Crippen molar-refractivity contribution in [1.82, 2.24) is 0 Å². The molecular formula is C59H39NO. The quantitative estimate of drug-likeness (QED) is 0.160. The fourth-order valence-electron chi connectivity index (χ4n) is 10.1. The number of furan rings is 1. The van der Waals surface area contributed by atoms with Gasteiger partial charge in [-0.3, -0.25) is 0 Å². The van der Waals surface area contributed by atoms with Gasteiger partial charge in [-0.05, 0) is 109 Å². The Kier molecular flexibility index (Phi) is 8.11. The van der Waals surface area contributed by atoms with E-state index in [4.69, 9.17) is 4.42 Å². The molecule has 0 spiro atoms. The van der Waals surface area contributed by atoms with Crippen LogP contribution in [-0.2, 0) is 5.41 Å². The molecule has 0 saturated heterocycles. The Morgan fingerprint density at radius 1 is 0.361 bits per heavy atom. The summed E-state index contributed by atoms with van der Waals surface area (Å²) < 4.78 is 6.31. The van der Waals surface area contributed by atoms with Crippen molar-refractivity contribution in [1.29, 1.82) is 0 Å². The lowest BCUT2D eigenvalue weighted by Crippen LogP contribution is -2.28. The molecule has 0 bridgehead atoms. The van der Waals surface area contributed by atoms with Crippen LogP contribution in [0, 0.1) is 0 Å². The van der Waals surface area contributed by atoms with Crippen molar-refractivity contribution in [3.05, 3.63) is 259 Å². The molecule has 0 atom stereocenters. The van der Waals surface area contributed by atoms with Crippen LogP contribution in [0.15, 0.2) is 241 Å². The van der Waals surface area contributed by atoms with E-state index in [-0.39, 0.29) is 0 Å². The SMILES string of the molecule is c1ccc(C2(c3ccccc3)c3ccccc3-c3c(N(c4ccc(-c5cccc6oc7ccccc7c56)cc4)c4cccc(-c5ccc6ccccc6c5)c4)cccc32)cc1. The highest BCUT2D eigenvalue weighted by Gasteiger charge is 2.47. The number of benzene rings is 10. The maximum Gasteiger partial charge on any atom is 0.136 e. The van der Waals surface area contributed by atoms with Gasteiger partial charge < -0.3 is 9.32 Å². The third kappa shape index (κ3) is 5.50. The molecule has 0 saturated carbocycles. The van der Waals surface area contributed by atoms with Crippen molar-refractivity contribution in [2.45, 2.75) is 5.41 Å². The standard InChI is InChI=1S/C59H39NO/c1-3-19-45(20-4-1)59(46-21-5-2-6-22-46)52-27-11-9-24-50(52)58-53(59)28-15-29-54(58)60(48-23-13-18-43(39-48)44-33-32-40-16-7-8-17-42(40)38-44)47-36-34-41(35-37-47)49-26-14-31-56-57(49)51-25-10-12-30-55(51)61-56/h1-39H. The smallest absolute Gasteiger partial charge is 0.136 e. The lowest BCUT2D eigenvalue weighted by atomic mass is 9.68. The molecule has 0 fully saturated rings. The minimum absolute atomic E-state index is 0.515. The van der Waals surface area contributed by atoms with Gasteiger partial charge in [-0.25, -0.2) is 0 Å². The van der Waals surface area contributed by atoms with Crippen LogP contribution in [0.5, 0.6) is 0 Å². The molecule has 2 nitrogen and oxygen atoms in total. The van der Waals surface area contributed by atoms with Gasteiger partial charge in [0.05, 0.1) is 11.1 Å². The normalized spacial score (nSPS) is 12.7. The molecule has 0 unspecified atom stereocenters. The number of hydrogen-bond acceptors (Lipinski definition) is 2. The number of para-hydroxylation sites is 1. The first-order valence-corrected chi connectivity index (χ1v) is 21.0. The van der Waals surface area contributed by atoms with E-state index in [2.05, 4.69) is 229 Å². The molecule has 1 heterocycles. The van der Waals surface area contributed by atoms with Gasteiger partial charge in [-0.1, -0.05) is 188 Å². The average molecular weight is 778 g/mol. The summed E-state index contributed by atoms with van der Waals surface area (Å²) in [5.74, 6) is 0. The van der Waals surface area contributed by atoms with Gasteiger partial charge in [0, 0.05) is 27.7 Å². The van der Waals surface area contributed by atoms with Crippen LogP contribution < -0.4 is 4.90 Å². The van der Waals surface area contributed by atoms with Gasteiger partial charge in [-0.2, -0.15) is 0 Å². The average Bonchev–Trinajstić information content (AvgIpc) is 3.87. The Labute approximate surface area is 355 Å². The van der Waals surface area contributed by atoms with E-state index in [1.54, 1.807) is 0 Å². The third-order valence-corrected chi connectivity index (χ3v) is 12.7. The summed E-state index contributed by atoms with van der Waals surface area (Å²) in [6.07, 6.45) is 0. The molecule has 12 rings (SSSR count). The summed E-state index contributed by atoms with van der Waals surface area (Å²) in [4.78, 5) is 2.46. The molecule has 2 heteroatoms. The van der Waals surface area contributed by atoms with Gasteiger partial charge >= 0.3 is 0 Å². The van der Waals surface area contributed by atoms with Crippen molar-refractivity contribution in [2.75, 3.05) is 4.90 Å². The zero-order chi connectivity index (χ0) is 40.3. The fraction of sp³-hybridized carbons (Fsp3) is 0.0169. The molecule has 0 aliphatic heterocycles. The molecular weight excluding hydrogens is 739 g/mol. The number of nitrogens with zero attached hydrogens (tertiary/aromatic N) is 1. The lowest BCUT2D eigenvalue weighted by Gasteiger charge is -2.34. The largest absolute Gasteiger partial charge is 0.456 e. The molecule has 1 aromatic heterocycles. The van der Waals surface area contributed by atoms with E-state index in [0.717, 1.165) is 50.1 Å². The maximum atomic E-state index is 6.31. The Balaban J connectivity index is 1.09. The van der Waals surface area contributed by atoms with Crippen molar-refractivity contribution in [2.24, 2.45) is 0 Å². The molecule has 0 N–H and O–H groups in total. The Bertz CT molecular complexity index is 3380. The van der Waals surface area contributed by atoms with Crippen LogP contribution >= 0.6 is 0 Å². The molecule has 10 aromatic carbocycles. The second-order valence-electron chi connectivity index (χ2n) is 16.0. The van der Waals surface area contributed by atoms with Gasteiger partial charge in [0.1, 0.15) is 11.2 Å². The molecule has 11 aromatic rings. The van der Waals surface area contributed by atoms with E-state index >= 15 is 0 Å². The van der Waals surface area contributed by atoms with E-state index in [0.29, 0.717) is 0 Å². The summed E-state index contributed by atoms with van der Waals surface area (Å²) in [6, 6.07) is 86.1. The first kappa shape index (κ1) is 35.0. The summed E-state index contributed by atoms with van der Waals surface area (Å²) in [6.45, 7) is 0. The van der Waals surface area contributed by atoms with Gasteiger partial charge in [-0.15, -0.1) is 0 Å². The van der Waals surface area contributed by atoms with Crippen molar-refractivity contribution >= 4 is 49.8 Å². The van der Waals surface area contributed by atoms with Crippen LogP contribution in [0.4, 0.5) is 17.1 Å². The minimum Gasteiger partial charge on any atom is -0.456 e. The van der Waals surface area contributed by atoms with E-state index in [1.165, 1.54) is 55.3 Å². The van der Waals surface area contributed by atoms with Crippen molar-refractivity contribution < 1.29 is 4.42 Å². The van der Waals surface area contributed by atoms with E-state index in [1.807, 2.05) is 12.1 Å². The zero-order valence-electron chi connectivity index (χ0n) is 33.4. The van der Waals surface area contributed by atoms with Crippen molar-refractivity contribution in [3.63, 3.8) is 0 Å². The zero-order valence-corrected chi connectivity index (χ0v) is 33.4. The summed E-state index contributed by atoms with van der Waals surface area (Å²) in [7, 11) is 0. The van der Waals surface area contributed by atoms with Crippen LogP contribution in [0.25, 0.3) is 66.1 Å².